The van der Waals surface area contributed by atoms with Crippen LogP contribution in [-0.4, -0.2) is 32.0 Å². The van der Waals surface area contributed by atoms with Crippen molar-refractivity contribution in [2.24, 2.45) is 5.84 Å². The highest BCUT2D eigenvalue weighted by atomic mass is 19.1. The molecule has 6 rings (SSSR count). The number of anilines is 1. The van der Waals surface area contributed by atoms with Crippen LogP contribution in [-0.2, 0) is 11.3 Å². The molecule has 2 heterocycles. The molecule has 2 N–H and O–H groups in total. The van der Waals surface area contributed by atoms with Crippen LogP contribution in [0.15, 0.2) is 79.4 Å². The number of amides is 1. The topological polar surface area (TPSA) is 124 Å². The number of fused-ring (bicyclic) bond motifs is 1. The standard InChI is InChI=1S/C34H34FN7O3/c1-23(24-7-11-26(35)12-8-24)45-34(43)42(37)28-13-9-25(10-14-28)33-31(20-36)30-16-15-29(19-32(30)41(33)27-5-4-6-27)44-18-3-2-17-40-22-38-21-39-40/h7-16,19,21-23,27H,2-6,17-18,37H2,1H3. The van der Waals surface area contributed by atoms with E-state index in [0.717, 1.165) is 71.6 Å². The predicted octanol–water partition coefficient (Wildman–Crippen LogP) is 7.07. The fourth-order valence-corrected chi connectivity index (χ4v) is 5.61. The molecule has 1 fully saturated rings. The van der Waals surface area contributed by atoms with Crippen molar-refractivity contribution in [1.82, 2.24) is 19.3 Å². The zero-order valence-corrected chi connectivity index (χ0v) is 25.0. The molecule has 2 aromatic heterocycles. The van der Waals surface area contributed by atoms with Gasteiger partial charge in [0.15, 0.2) is 0 Å². The van der Waals surface area contributed by atoms with Gasteiger partial charge in [-0.1, -0.05) is 24.3 Å². The summed E-state index contributed by atoms with van der Waals surface area (Å²) in [6.45, 7) is 3.06. The number of ether oxygens (including phenoxy) is 2. The van der Waals surface area contributed by atoms with Crippen molar-refractivity contribution in [3.8, 4) is 23.1 Å². The van der Waals surface area contributed by atoms with E-state index in [1.54, 1.807) is 37.5 Å². The van der Waals surface area contributed by atoms with E-state index in [0.29, 0.717) is 23.4 Å². The molecule has 1 aliphatic carbocycles. The lowest BCUT2D eigenvalue weighted by atomic mass is 9.92. The number of halogens is 1. The fraction of sp³-hybridized carbons (Fsp3) is 0.294. The van der Waals surface area contributed by atoms with Crippen molar-refractivity contribution in [1.29, 1.82) is 5.26 Å². The van der Waals surface area contributed by atoms with Crippen molar-refractivity contribution in [2.45, 2.75) is 57.7 Å². The van der Waals surface area contributed by atoms with E-state index in [-0.39, 0.29) is 11.9 Å². The number of hydrogen-bond donors (Lipinski definition) is 1. The number of carbonyl (C=O) groups excluding carboxylic acids is 1. The van der Waals surface area contributed by atoms with Crippen LogP contribution in [0, 0.1) is 17.1 Å². The Kier molecular flexibility index (Phi) is 8.75. The maximum atomic E-state index is 13.3. The molecule has 10 nitrogen and oxygen atoms in total. The predicted molar refractivity (Wildman–Crippen MR) is 168 cm³/mol. The third kappa shape index (κ3) is 6.37. The molecule has 0 saturated heterocycles. The zero-order chi connectivity index (χ0) is 31.3. The summed E-state index contributed by atoms with van der Waals surface area (Å²) in [5, 5.41) is 16.2. The third-order valence-corrected chi connectivity index (χ3v) is 8.28. The Morgan fingerprint density at radius 2 is 1.91 bits per heavy atom. The highest BCUT2D eigenvalue weighted by Gasteiger charge is 2.28. The average molecular weight is 608 g/mol. The van der Waals surface area contributed by atoms with E-state index in [2.05, 4.69) is 20.7 Å². The van der Waals surface area contributed by atoms with E-state index in [4.69, 9.17) is 15.3 Å². The number of rotatable bonds is 11. The maximum Gasteiger partial charge on any atom is 0.429 e. The number of aromatic nitrogens is 4. The Hall–Kier alpha value is -5.21. The van der Waals surface area contributed by atoms with Crippen molar-refractivity contribution in [2.75, 3.05) is 11.6 Å². The summed E-state index contributed by atoms with van der Waals surface area (Å²) in [6.07, 6.45) is 6.87. The second kappa shape index (κ2) is 13.2. The molecule has 0 aliphatic heterocycles. The second-order valence-electron chi connectivity index (χ2n) is 11.2. The molecule has 5 aromatic rings. The van der Waals surface area contributed by atoms with Crippen LogP contribution in [0.5, 0.6) is 5.75 Å². The SMILES string of the molecule is CC(OC(=O)N(N)c1ccc(-c2c(C#N)c3ccc(OCCCCn4cncn4)cc3n2C2CCC2)cc1)c1ccc(F)cc1. The molecule has 1 atom stereocenters. The number of aryl methyl sites for hydroxylation is 1. The number of nitrogens with zero attached hydrogens (tertiary/aromatic N) is 6. The molecule has 1 unspecified atom stereocenters. The van der Waals surface area contributed by atoms with Gasteiger partial charge in [-0.15, -0.1) is 0 Å². The molecule has 230 valence electrons. The molecule has 0 spiro atoms. The van der Waals surface area contributed by atoms with Crippen LogP contribution in [0.2, 0.25) is 0 Å². The monoisotopic (exact) mass is 607 g/mol. The van der Waals surface area contributed by atoms with Gasteiger partial charge in [0.2, 0.25) is 0 Å². The molecule has 0 bridgehead atoms. The first-order valence-electron chi connectivity index (χ1n) is 15.1. The van der Waals surface area contributed by atoms with Gasteiger partial charge in [-0.2, -0.15) is 10.4 Å². The Labute approximate surface area is 260 Å². The van der Waals surface area contributed by atoms with E-state index in [9.17, 15) is 14.4 Å². The Morgan fingerprint density at radius 3 is 2.58 bits per heavy atom. The van der Waals surface area contributed by atoms with Crippen molar-refractivity contribution in [3.63, 3.8) is 0 Å². The minimum atomic E-state index is -0.744. The summed E-state index contributed by atoms with van der Waals surface area (Å²) >= 11 is 0. The van der Waals surface area contributed by atoms with E-state index in [1.165, 1.54) is 18.5 Å². The second-order valence-corrected chi connectivity index (χ2v) is 11.2. The van der Waals surface area contributed by atoms with Gasteiger partial charge in [0.25, 0.3) is 0 Å². The first kappa shape index (κ1) is 29.8. The maximum absolute atomic E-state index is 13.3. The number of hydrazine groups is 1. The molecule has 0 radical (unpaired) electrons. The number of hydrogen-bond acceptors (Lipinski definition) is 7. The van der Waals surface area contributed by atoms with E-state index >= 15 is 0 Å². The highest BCUT2D eigenvalue weighted by molar-refractivity contribution is 5.96. The van der Waals surface area contributed by atoms with E-state index in [1.807, 2.05) is 35.0 Å². The smallest absolute Gasteiger partial charge is 0.429 e. The summed E-state index contributed by atoms with van der Waals surface area (Å²) in [4.78, 5) is 16.8. The third-order valence-electron chi connectivity index (χ3n) is 8.28. The van der Waals surface area contributed by atoms with Gasteiger partial charge in [-0.25, -0.2) is 25.0 Å². The largest absolute Gasteiger partial charge is 0.494 e. The van der Waals surface area contributed by atoms with Gasteiger partial charge in [0, 0.05) is 24.0 Å². The van der Waals surface area contributed by atoms with Gasteiger partial charge in [-0.3, -0.25) is 4.68 Å². The molecule has 1 aliphatic rings. The fourth-order valence-electron chi connectivity index (χ4n) is 5.61. The van der Waals surface area contributed by atoms with Crippen LogP contribution in [0.25, 0.3) is 22.2 Å². The molecule has 3 aromatic carbocycles. The first-order valence-corrected chi connectivity index (χ1v) is 15.1. The molecular weight excluding hydrogens is 573 g/mol. The lowest BCUT2D eigenvalue weighted by molar-refractivity contribution is 0.114. The first-order chi connectivity index (χ1) is 21.9. The molecule has 45 heavy (non-hydrogen) atoms. The number of carbonyl (C=O) groups is 1. The van der Waals surface area contributed by atoms with Crippen LogP contribution < -0.4 is 15.6 Å². The Morgan fingerprint density at radius 1 is 1.13 bits per heavy atom. The minimum Gasteiger partial charge on any atom is -0.494 e. The van der Waals surface area contributed by atoms with Crippen molar-refractivity contribution >= 4 is 22.7 Å². The van der Waals surface area contributed by atoms with Gasteiger partial charge >= 0.3 is 6.09 Å². The number of unbranched alkanes of at least 4 members (excludes halogenated alkanes) is 1. The van der Waals surface area contributed by atoms with Crippen molar-refractivity contribution in [3.05, 3.63) is 96.3 Å². The van der Waals surface area contributed by atoms with Gasteiger partial charge in [-0.05, 0) is 86.6 Å². The molecule has 11 heteroatoms. The molecule has 1 amide bonds. The van der Waals surface area contributed by atoms with E-state index < -0.39 is 12.2 Å². The van der Waals surface area contributed by atoms with Crippen LogP contribution in [0.4, 0.5) is 14.9 Å². The normalized spacial score (nSPS) is 13.6. The number of benzene rings is 3. The molecule has 1 saturated carbocycles. The van der Waals surface area contributed by atoms with Gasteiger partial charge in [0.1, 0.15) is 36.4 Å². The minimum absolute atomic E-state index is 0.274. The van der Waals surface area contributed by atoms with Crippen LogP contribution in [0.1, 0.15) is 62.3 Å². The number of nitrogens with two attached hydrogens (primary N) is 1. The van der Waals surface area contributed by atoms with Crippen molar-refractivity contribution < 1.29 is 18.7 Å². The average Bonchev–Trinajstić information content (AvgIpc) is 3.66. The van der Waals surface area contributed by atoms with Crippen LogP contribution in [0.3, 0.4) is 0 Å². The van der Waals surface area contributed by atoms with Gasteiger partial charge in [0.05, 0.1) is 29.1 Å². The molecular formula is C34H34FN7O3. The number of nitriles is 1. The lowest BCUT2D eigenvalue weighted by Crippen LogP contribution is -2.38. The summed E-state index contributed by atoms with van der Waals surface area (Å²) in [5.41, 5.74) is 4.33. The summed E-state index contributed by atoms with van der Waals surface area (Å²) in [6, 6.07) is 21.6. The Balaban J connectivity index is 1.20. The van der Waals surface area contributed by atoms with Gasteiger partial charge < -0.3 is 14.0 Å². The summed E-state index contributed by atoms with van der Waals surface area (Å²) in [7, 11) is 0. The highest BCUT2D eigenvalue weighted by Crippen LogP contribution is 2.43. The summed E-state index contributed by atoms with van der Waals surface area (Å²) in [5.74, 6) is 6.52. The lowest BCUT2D eigenvalue weighted by Gasteiger charge is -2.30. The summed E-state index contributed by atoms with van der Waals surface area (Å²) < 4.78 is 29.0. The Bertz CT molecular complexity index is 1810. The zero-order valence-electron chi connectivity index (χ0n) is 25.0. The van der Waals surface area contributed by atoms with Crippen LogP contribution >= 0.6 is 0 Å². The quantitative estimate of drug-likeness (QED) is 0.0737.